The van der Waals surface area contributed by atoms with E-state index in [0.29, 0.717) is 16.0 Å². The van der Waals surface area contributed by atoms with Gasteiger partial charge in [0, 0.05) is 32.8 Å². The van der Waals surface area contributed by atoms with Crippen molar-refractivity contribution in [3.05, 3.63) is 58.7 Å². The van der Waals surface area contributed by atoms with Gasteiger partial charge in [0.15, 0.2) is 0 Å². The van der Waals surface area contributed by atoms with E-state index in [4.69, 9.17) is 11.6 Å². The number of para-hydroxylation sites is 1. The zero-order valence-electron chi connectivity index (χ0n) is 13.5. The zero-order valence-corrected chi connectivity index (χ0v) is 15.0. The van der Waals surface area contributed by atoms with E-state index in [2.05, 4.69) is 35.0 Å². The third-order valence-corrected chi connectivity index (χ3v) is 5.94. The molecular weight excluding hydrogens is 340 g/mol. The van der Waals surface area contributed by atoms with Crippen LogP contribution in [0.15, 0.2) is 47.4 Å². The number of aromatic nitrogens is 1. The number of benzene rings is 2. The van der Waals surface area contributed by atoms with E-state index in [1.165, 1.54) is 4.90 Å². The number of carbonyl (C=O) groups excluding carboxylic acids is 1. The van der Waals surface area contributed by atoms with Gasteiger partial charge in [-0.25, -0.2) is 0 Å². The summed E-state index contributed by atoms with van der Waals surface area (Å²) in [7, 11) is 0. The number of halogens is 1. The van der Waals surface area contributed by atoms with Crippen LogP contribution in [-0.4, -0.2) is 15.7 Å². The standard InChI is InChI=1S/C19H17ClN2OS/c1-11-10-22-16(9-13-5-3-8-17(24-11)18(13)22)19(23)21-15-7-4-6-14(20)12(15)2/h3-9,11H,10H2,1-2H3,(H,21,23). The number of amides is 1. The molecule has 4 rings (SSSR count). The van der Waals surface area contributed by atoms with Crippen LogP contribution < -0.4 is 5.32 Å². The lowest BCUT2D eigenvalue weighted by Crippen LogP contribution is -2.22. The Labute approximate surface area is 150 Å². The van der Waals surface area contributed by atoms with Crippen molar-refractivity contribution < 1.29 is 4.79 Å². The first kappa shape index (κ1) is 15.6. The van der Waals surface area contributed by atoms with E-state index in [0.717, 1.165) is 28.7 Å². The molecule has 1 aliphatic heterocycles. The third-order valence-electron chi connectivity index (χ3n) is 4.40. The Bertz CT molecular complexity index is 963. The Morgan fingerprint density at radius 2 is 2.08 bits per heavy atom. The van der Waals surface area contributed by atoms with Gasteiger partial charge in [-0.2, -0.15) is 0 Å². The number of thioether (sulfide) groups is 1. The zero-order chi connectivity index (χ0) is 16.8. The predicted molar refractivity (Wildman–Crippen MR) is 101 cm³/mol. The normalized spacial score (nSPS) is 16.4. The molecule has 0 spiro atoms. The summed E-state index contributed by atoms with van der Waals surface area (Å²) in [6.45, 7) is 4.94. The summed E-state index contributed by atoms with van der Waals surface area (Å²) in [5.74, 6) is -0.0957. The van der Waals surface area contributed by atoms with Crippen molar-refractivity contribution in [3.63, 3.8) is 0 Å². The number of carbonyl (C=O) groups is 1. The van der Waals surface area contributed by atoms with Crippen LogP contribution in [0.2, 0.25) is 5.02 Å². The quantitative estimate of drug-likeness (QED) is 0.671. The van der Waals surface area contributed by atoms with E-state index in [9.17, 15) is 4.79 Å². The first-order valence-corrected chi connectivity index (χ1v) is 9.15. The second kappa shape index (κ2) is 5.87. The summed E-state index contributed by atoms with van der Waals surface area (Å²) >= 11 is 8.02. The molecule has 1 aromatic heterocycles. The fraction of sp³-hybridized carbons (Fsp3) is 0.211. The number of nitrogens with zero attached hydrogens (tertiary/aromatic N) is 1. The van der Waals surface area contributed by atoms with Gasteiger partial charge < -0.3 is 9.88 Å². The van der Waals surface area contributed by atoms with Crippen LogP contribution in [0.3, 0.4) is 0 Å². The number of rotatable bonds is 2. The van der Waals surface area contributed by atoms with Crippen molar-refractivity contribution in [2.24, 2.45) is 0 Å². The third kappa shape index (κ3) is 2.50. The molecule has 0 bridgehead atoms. The van der Waals surface area contributed by atoms with Gasteiger partial charge in [-0.15, -0.1) is 11.8 Å². The summed E-state index contributed by atoms with van der Waals surface area (Å²) in [5.41, 5.74) is 3.49. The Morgan fingerprint density at radius 3 is 2.92 bits per heavy atom. The predicted octanol–water partition coefficient (Wildman–Crippen LogP) is 5.35. The van der Waals surface area contributed by atoms with Crippen molar-refractivity contribution in [3.8, 4) is 0 Å². The lowest BCUT2D eigenvalue weighted by Gasteiger charge is -2.22. The lowest BCUT2D eigenvalue weighted by molar-refractivity contribution is 0.101. The monoisotopic (exact) mass is 356 g/mol. The van der Waals surface area contributed by atoms with Crippen LogP contribution in [0.25, 0.3) is 10.9 Å². The van der Waals surface area contributed by atoms with Gasteiger partial charge in [-0.1, -0.05) is 36.7 Å². The molecule has 0 saturated carbocycles. The molecule has 122 valence electrons. The van der Waals surface area contributed by atoms with Gasteiger partial charge in [-0.3, -0.25) is 4.79 Å². The fourth-order valence-electron chi connectivity index (χ4n) is 3.20. The fourth-order valence-corrected chi connectivity index (χ4v) is 4.53. The van der Waals surface area contributed by atoms with Gasteiger partial charge in [0.2, 0.25) is 0 Å². The lowest BCUT2D eigenvalue weighted by atomic mass is 10.2. The molecule has 1 unspecified atom stereocenters. The molecule has 2 aromatic carbocycles. The molecule has 0 radical (unpaired) electrons. The molecule has 1 atom stereocenters. The summed E-state index contributed by atoms with van der Waals surface area (Å²) in [5, 5.41) is 5.22. The maximum Gasteiger partial charge on any atom is 0.272 e. The van der Waals surface area contributed by atoms with E-state index in [1.807, 2.05) is 43.0 Å². The second-order valence-corrected chi connectivity index (χ2v) is 8.02. The number of hydrogen-bond acceptors (Lipinski definition) is 2. The maximum absolute atomic E-state index is 12.9. The SMILES string of the molecule is Cc1c(Cl)cccc1NC(=O)c1cc2cccc3c2n1CC(C)S3. The van der Waals surface area contributed by atoms with Gasteiger partial charge >= 0.3 is 0 Å². The highest BCUT2D eigenvalue weighted by molar-refractivity contribution is 8.00. The van der Waals surface area contributed by atoms with Crippen molar-refractivity contribution in [1.29, 1.82) is 0 Å². The van der Waals surface area contributed by atoms with Crippen LogP contribution in [0.5, 0.6) is 0 Å². The average Bonchev–Trinajstić information content (AvgIpc) is 2.92. The molecule has 3 nitrogen and oxygen atoms in total. The minimum absolute atomic E-state index is 0.0957. The second-order valence-electron chi connectivity index (χ2n) is 6.13. The largest absolute Gasteiger partial charge is 0.334 e. The molecule has 1 aliphatic rings. The van der Waals surface area contributed by atoms with Crippen LogP contribution in [0, 0.1) is 6.92 Å². The van der Waals surface area contributed by atoms with Gasteiger partial charge in [0.25, 0.3) is 5.91 Å². The smallest absolute Gasteiger partial charge is 0.272 e. The summed E-state index contributed by atoms with van der Waals surface area (Å²) < 4.78 is 2.14. The first-order valence-electron chi connectivity index (χ1n) is 7.90. The van der Waals surface area contributed by atoms with Crippen molar-refractivity contribution >= 4 is 45.9 Å². The number of nitrogens with one attached hydrogen (secondary N) is 1. The van der Waals surface area contributed by atoms with E-state index in [1.54, 1.807) is 0 Å². The van der Waals surface area contributed by atoms with Crippen LogP contribution in [-0.2, 0) is 6.54 Å². The van der Waals surface area contributed by atoms with Gasteiger partial charge in [-0.05, 0) is 36.8 Å². The Kier molecular flexibility index (Phi) is 3.82. The highest BCUT2D eigenvalue weighted by Crippen LogP contribution is 2.38. The maximum atomic E-state index is 12.9. The van der Waals surface area contributed by atoms with E-state index < -0.39 is 0 Å². The minimum atomic E-state index is -0.0957. The van der Waals surface area contributed by atoms with Crippen LogP contribution >= 0.6 is 23.4 Å². The highest BCUT2D eigenvalue weighted by Gasteiger charge is 2.24. The summed E-state index contributed by atoms with van der Waals surface area (Å²) in [6, 6.07) is 13.8. The molecule has 3 aromatic rings. The average molecular weight is 357 g/mol. The summed E-state index contributed by atoms with van der Waals surface area (Å²) in [4.78, 5) is 14.1. The molecule has 0 aliphatic carbocycles. The molecule has 24 heavy (non-hydrogen) atoms. The minimum Gasteiger partial charge on any atom is -0.334 e. The van der Waals surface area contributed by atoms with Gasteiger partial charge in [0.05, 0.1) is 5.52 Å². The molecular formula is C19H17ClN2OS. The molecule has 0 saturated heterocycles. The Morgan fingerprint density at radius 1 is 1.29 bits per heavy atom. The van der Waals surface area contributed by atoms with Crippen LogP contribution in [0.1, 0.15) is 23.0 Å². The first-order chi connectivity index (χ1) is 11.5. The molecule has 2 heterocycles. The number of anilines is 1. The topological polar surface area (TPSA) is 34.0 Å². The van der Waals surface area contributed by atoms with Gasteiger partial charge in [0.1, 0.15) is 5.69 Å². The van der Waals surface area contributed by atoms with Crippen LogP contribution in [0.4, 0.5) is 5.69 Å². The molecule has 1 amide bonds. The van der Waals surface area contributed by atoms with Crippen molar-refractivity contribution in [2.45, 2.75) is 30.5 Å². The summed E-state index contributed by atoms with van der Waals surface area (Å²) in [6.07, 6.45) is 0. The Balaban J connectivity index is 1.77. The van der Waals surface area contributed by atoms with E-state index >= 15 is 0 Å². The van der Waals surface area contributed by atoms with Crippen molar-refractivity contribution in [1.82, 2.24) is 4.57 Å². The Hall–Kier alpha value is -1.91. The van der Waals surface area contributed by atoms with E-state index in [-0.39, 0.29) is 5.91 Å². The number of hydrogen-bond donors (Lipinski definition) is 1. The van der Waals surface area contributed by atoms with Crippen molar-refractivity contribution in [2.75, 3.05) is 5.32 Å². The molecule has 1 N–H and O–H groups in total. The molecule has 5 heteroatoms. The highest BCUT2D eigenvalue weighted by atomic mass is 35.5. The molecule has 0 fully saturated rings.